The highest BCUT2D eigenvalue weighted by Crippen LogP contribution is 2.27. The molecule has 1 rings (SSSR count). The van der Waals surface area contributed by atoms with E-state index in [1.807, 2.05) is 6.92 Å². The summed E-state index contributed by atoms with van der Waals surface area (Å²) in [4.78, 5) is 0.0917. The Hall–Kier alpha value is -0.370. The van der Waals surface area contributed by atoms with Crippen LogP contribution in [0.1, 0.15) is 33.5 Å². The number of nitrogens with two attached hydrogens (primary N) is 1. The summed E-state index contributed by atoms with van der Waals surface area (Å²) in [5.41, 5.74) is 5.47. The fraction of sp³-hybridized carbons (Fsp3) is 0.667. The van der Waals surface area contributed by atoms with Crippen LogP contribution in [0.25, 0.3) is 0 Å². The number of hydrogen-bond donors (Lipinski definition) is 2. The van der Waals surface area contributed by atoms with Crippen molar-refractivity contribution in [3.63, 3.8) is 0 Å². The van der Waals surface area contributed by atoms with Crippen molar-refractivity contribution in [2.24, 2.45) is 17.1 Å². The van der Waals surface area contributed by atoms with Crippen LogP contribution in [-0.2, 0) is 16.6 Å². The van der Waals surface area contributed by atoms with Crippen molar-refractivity contribution in [3.05, 3.63) is 16.5 Å². The summed E-state index contributed by atoms with van der Waals surface area (Å²) in [5.74, 6) is 0.637. The van der Waals surface area contributed by atoms with Crippen molar-refractivity contribution in [2.75, 3.05) is 6.54 Å². The van der Waals surface area contributed by atoms with Crippen molar-refractivity contribution in [2.45, 2.75) is 39.1 Å². The van der Waals surface area contributed by atoms with Gasteiger partial charge in [0.15, 0.2) is 4.67 Å². The maximum absolute atomic E-state index is 12.2. The van der Waals surface area contributed by atoms with Crippen LogP contribution in [0.5, 0.6) is 0 Å². The van der Waals surface area contributed by atoms with Crippen LogP contribution in [0.2, 0.25) is 0 Å². The van der Waals surface area contributed by atoms with Gasteiger partial charge in [-0.05, 0) is 27.3 Å². The number of sulfonamides is 1. The Morgan fingerprint density at radius 1 is 1.47 bits per heavy atom. The zero-order chi connectivity index (χ0) is 14.8. The van der Waals surface area contributed by atoms with Crippen molar-refractivity contribution in [3.8, 4) is 0 Å². The molecule has 3 N–H and O–H groups in total. The van der Waals surface area contributed by atoms with Crippen LogP contribution < -0.4 is 10.5 Å². The van der Waals surface area contributed by atoms with E-state index in [-0.39, 0.29) is 27.4 Å². The first-order chi connectivity index (χ1) is 8.58. The van der Waals surface area contributed by atoms with Crippen molar-refractivity contribution < 1.29 is 12.8 Å². The Bertz CT molecular complexity index is 532. The molecule has 0 aliphatic heterocycles. The highest BCUT2D eigenvalue weighted by molar-refractivity contribution is 9.10. The van der Waals surface area contributed by atoms with E-state index in [0.29, 0.717) is 12.3 Å². The largest absolute Gasteiger partial charge is 0.452 e. The third-order valence-corrected chi connectivity index (χ3v) is 5.54. The predicted molar refractivity (Wildman–Crippen MR) is 78.1 cm³/mol. The molecule has 19 heavy (non-hydrogen) atoms. The molecule has 0 bridgehead atoms. The van der Waals surface area contributed by atoms with Crippen LogP contribution in [0, 0.1) is 11.3 Å². The van der Waals surface area contributed by atoms with E-state index in [4.69, 9.17) is 10.2 Å². The standard InChI is InChI=1S/C12H21BrN2O3S/c1-8(12(2,3)4)7-15-19(16,17)10-5-9(6-14)18-11(10)13/h5,8,15H,6-7,14H2,1-4H3. The van der Waals surface area contributed by atoms with Crippen molar-refractivity contribution in [1.29, 1.82) is 0 Å². The van der Waals surface area contributed by atoms with Gasteiger partial charge in [0.25, 0.3) is 0 Å². The second-order valence-electron chi connectivity index (χ2n) is 5.67. The van der Waals surface area contributed by atoms with Gasteiger partial charge in [0.2, 0.25) is 10.0 Å². The maximum Gasteiger partial charge on any atom is 0.244 e. The van der Waals surface area contributed by atoms with Gasteiger partial charge in [-0.2, -0.15) is 0 Å². The molecule has 0 spiro atoms. The van der Waals surface area contributed by atoms with E-state index >= 15 is 0 Å². The molecule has 0 aliphatic carbocycles. The van der Waals surface area contributed by atoms with Crippen LogP contribution in [0.4, 0.5) is 0 Å². The smallest absolute Gasteiger partial charge is 0.244 e. The van der Waals surface area contributed by atoms with Gasteiger partial charge in [0.05, 0.1) is 6.54 Å². The number of nitrogens with one attached hydrogen (secondary N) is 1. The quantitative estimate of drug-likeness (QED) is 0.852. The molecule has 0 aliphatic rings. The van der Waals surface area contributed by atoms with Crippen LogP contribution in [0.3, 0.4) is 0 Å². The second-order valence-corrected chi connectivity index (χ2v) is 8.13. The third-order valence-electron chi connectivity index (χ3n) is 3.26. The van der Waals surface area contributed by atoms with Crippen molar-refractivity contribution in [1.82, 2.24) is 4.72 Å². The second kappa shape index (κ2) is 5.95. The molecular formula is C12H21BrN2O3S. The van der Waals surface area contributed by atoms with Gasteiger partial charge in [-0.25, -0.2) is 13.1 Å². The van der Waals surface area contributed by atoms with E-state index in [0.717, 1.165) is 0 Å². The van der Waals surface area contributed by atoms with E-state index in [2.05, 4.69) is 41.4 Å². The minimum absolute atomic E-state index is 0.0402. The molecule has 7 heteroatoms. The molecule has 0 saturated heterocycles. The minimum atomic E-state index is -3.58. The number of rotatable bonds is 5. The molecule has 1 aromatic rings. The van der Waals surface area contributed by atoms with Gasteiger partial charge in [0.1, 0.15) is 10.7 Å². The normalized spacial score (nSPS) is 14.6. The zero-order valence-electron chi connectivity index (χ0n) is 11.7. The lowest BCUT2D eigenvalue weighted by atomic mass is 9.82. The summed E-state index contributed by atoms with van der Waals surface area (Å²) in [5, 5.41) is 0. The lowest BCUT2D eigenvalue weighted by Crippen LogP contribution is -2.33. The topological polar surface area (TPSA) is 85.3 Å². The van der Waals surface area contributed by atoms with Gasteiger partial charge >= 0.3 is 0 Å². The Balaban J connectivity index is 2.84. The van der Waals surface area contributed by atoms with E-state index in [9.17, 15) is 8.42 Å². The average Bonchev–Trinajstić information content (AvgIpc) is 2.67. The predicted octanol–water partition coefficient (Wildman–Crippen LogP) is 2.46. The molecule has 0 saturated carbocycles. The summed E-state index contributed by atoms with van der Waals surface area (Å²) < 4.78 is 32.3. The van der Waals surface area contributed by atoms with Crippen LogP contribution >= 0.6 is 15.9 Å². The Morgan fingerprint density at radius 2 is 2.05 bits per heavy atom. The van der Waals surface area contributed by atoms with Crippen LogP contribution in [0.15, 0.2) is 20.0 Å². The first kappa shape index (κ1) is 16.7. The average molecular weight is 353 g/mol. The summed E-state index contributed by atoms with van der Waals surface area (Å²) in [6.07, 6.45) is 0. The van der Waals surface area contributed by atoms with Gasteiger partial charge in [-0.15, -0.1) is 0 Å². The SMILES string of the molecule is CC(CNS(=O)(=O)c1cc(CN)oc1Br)C(C)(C)C. The van der Waals surface area contributed by atoms with Crippen molar-refractivity contribution >= 4 is 26.0 Å². The lowest BCUT2D eigenvalue weighted by Gasteiger charge is -2.27. The molecule has 1 atom stereocenters. The van der Waals surface area contributed by atoms with Gasteiger partial charge in [-0.1, -0.05) is 27.7 Å². The summed E-state index contributed by atoms with van der Waals surface area (Å²) in [6.45, 7) is 8.77. The van der Waals surface area contributed by atoms with Crippen LogP contribution in [-0.4, -0.2) is 15.0 Å². The van der Waals surface area contributed by atoms with Gasteiger partial charge in [-0.3, -0.25) is 0 Å². The highest BCUT2D eigenvalue weighted by Gasteiger charge is 2.25. The molecule has 0 radical (unpaired) electrons. The molecule has 0 fully saturated rings. The number of hydrogen-bond acceptors (Lipinski definition) is 4. The first-order valence-electron chi connectivity index (χ1n) is 6.06. The maximum atomic E-state index is 12.2. The minimum Gasteiger partial charge on any atom is -0.452 e. The molecule has 0 amide bonds. The zero-order valence-corrected chi connectivity index (χ0v) is 14.1. The highest BCUT2D eigenvalue weighted by atomic mass is 79.9. The molecule has 1 aromatic heterocycles. The molecular weight excluding hydrogens is 332 g/mol. The summed E-state index contributed by atoms with van der Waals surface area (Å²) in [6, 6.07) is 1.44. The van der Waals surface area contributed by atoms with Gasteiger partial charge < -0.3 is 10.2 Å². The Morgan fingerprint density at radius 3 is 2.47 bits per heavy atom. The number of furan rings is 1. The van der Waals surface area contributed by atoms with E-state index < -0.39 is 10.0 Å². The monoisotopic (exact) mass is 352 g/mol. The fourth-order valence-electron chi connectivity index (χ4n) is 1.30. The van der Waals surface area contributed by atoms with E-state index in [1.54, 1.807) is 0 Å². The summed E-state index contributed by atoms with van der Waals surface area (Å²) in [7, 11) is -3.58. The lowest BCUT2D eigenvalue weighted by molar-refractivity contribution is 0.263. The molecule has 0 aromatic carbocycles. The third kappa shape index (κ3) is 4.30. The van der Waals surface area contributed by atoms with Gasteiger partial charge in [0, 0.05) is 12.6 Å². The first-order valence-corrected chi connectivity index (χ1v) is 8.33. The van der Waals surface area contributed by atoms with E-state index in [1.165, 1.54) is 6.07 Å². The number of halogens is 1. The molecule has 5 nitrogen and oxygen atoms in total. The molecule has 110 valence electrons. The Kier molecular flexibility index (Phi) is 5.22. The summed E-state index contributed by atoms with van der Waals surface area (Å²) >= 11 is 3.10. The Labute approximate surface area is 123 Å². The molecule has 1 heterocycles. The molecule has 1 unspecified atom stereocenters. The fourth-order valence-corrected chi connectivity index (χ4v) is 3.43.